The second-order valence-corrected chi connectivity index (χ2v) is 6.32. The molecular formula is C9H22N2O2S. The third-order valence-corrected chi connectivity index (χ3v) is 4.49. The predicted molar refractivity (Wildman–Crippen MR) is 60.1 cm³/mol. The van der Waals surface area contributed by atoms with Gasteiger partial charge in [0.1, 0.15) is 0 Å². The zero-order valence-corrected chi connectivity index (χ0v) is 10.2. The highest BCUT2D eigenvalue weighted by atomic mass is 32.2. The van der Waals surface area contributed by atoms with Gasteiger partial charge in [0.25, 0.3) is 0 Å². The predicted octanol–water partition coefficient (Wildman–Crippen LogP) is 0.0902. The van der Waals surface area contributed by atoms with Gasteiger partial charge in [-0.05, 0) is 20.4 Å². The molecule has 0 saturated heterocycles. The van der Waals surface area contributed by atoms with Gasteiger partial charge in [-0.15, -0.1) is 0 Å². The van der Waals surface area contributed by atoms with E-state index in [0.29, 0.717) is 13.1 Å². The van der Waals surface area contributed by atoms with Gasteiger partial charge in [0.2, 0.25) is 0 Å². The van der Waals surface area contributed by atoms with E-state index in [-0.39, 0.29) is 11.0 Å². The molecule has 0 saturated carbocycles. The summed E-state index contributed by atoms with van der Waals surface area (Å²) in [5.41, 5.74) is 5.41. The minimum atomic E-state index is -2.90. The topological polar surface area (TPSA) is 63.4 Å². The summed E-state index contributed by atoms with van der Waals surface area (Å²) in [5.74, 6) is 0.235. The number of rotatable bonds is 7. The fourth-order valence-corrected chi connectivity index (χ4v) is 2.09. The molecule has 0 rings (SSSR count). The highest BCUT2D eigenvalue weighted by Gasteiger charge is 2.16. The Morgan fingerprint density at radius 1 is 1.29 bits per heavy atom. The lowest BCUT2D eigenvalue weighted by Gasteiger charge is -2.19. The maximum absolute atomic E-state index is 11.5. The Balaban J connectivity index is 4.03. The Bertz CT molecular complexity index is 237. The first-order valence-electron chi connectivity index (χ1n) is 5.08. The van der Waals surface area contributed by atoms with Crippen LogP contribution >= 0.6 is 0 Å². The van der Waals surface area contributed by atoms with E-state index in [1.807, 2.05) is 6.92 Å². The molecule has 14 heavy (non-hydrogen) atoms. The zero-order chi connectivity index (χ0) is 11.2. The van der Waals surface area contributed by atoms with Crippen LogP contribution < -0.4 is 5.73 Å². The van der Waals surface area contributed by atoms with E-state index in [4.69, 9.17) is 5.73 Å². The maximum atomic E-state index is 11.5. The highest BCUT2D eigenvalue weighted by molar-refractivity contribution is 7.92. The zero-order valence-electron chi connectivity index (χ0n) is 9.36. The van der Waals surface area contributed by atoms with Gasteiger partial charge in [-0.2, -0.15) is 0 Å². The summed E-state index contributed by atoms with van der Waals surface area (Å²) in [7, 11) is -2.90. The number of likely N-dealkylation sites (N-methyl/N-ethyl adjacent to an activating group) is 1. The minimum Gasteiger partial charge on any atom is -0.329 e. The van der Waals surface area contributed by atoms with Crippen LogP contribution in [0.2, 0.25) is 0 Å². The van der Waals surface area contributed by atoms with E-state index in [1.54, 1.807) is 13.8 Å². The summed E-state index contributed by atoms with van der Waals surface area (Å²) >= 11 is 0. The molecule has 0 aliphatic rings. The van der Waals surface area contributed by atoms with E-state index in [1.165, 1.54) is 0 Å². The summed E-state index contributed by atoms with van der Waals surface area (Å²) in [4.78, 5) is 2.06. The minimum absolute atomic E-state index is 0.235. The average Bonchev–Trinajstić information content (AvgIpc) is 2.12. The lowest BCUT2D eigenvalue weighted by molar-refractivity contribution is 0.313. The van der Waals surface area contributed by atoms with Crippen LogP contribution in [0, 0.1) is 0 Å². The standard InChI is InChI=1S/C9H22N2O2S/c1-4-11(6-5-10)7-8-14(12,13)9(2)3/h9H,4-8,10H2,1-3H3. The van der Waals surface area contributed by atoms with E-state index < -0.39 is 9.84 Å². The van der Waals surface area contributed by atoms with E-state index in [2.05, 4.69) is 4.90 Å². The third-order valence-electron chi connectivity index (χ3n) is 2.30. The lowest BCUT2D eigenvalue weighted by Crippen LogP contribution is -2.35. The molecule has 0 spiro atoms. The van der Waals surface area contributed by atoms with Crippen LogP contribution in [-0.2, 0) is 9.84 Å². The Labute approximate surface area is 87.4 Å². The lowest BCUT2D eigenvalue weighted by atomic mass is 10.5. The Morgan fingerprint density at radius 3 is 2.21 bits per heavy atom. The van der Waals surface area contributed by atoms with Crippen LogP contribution in [0.25, 0.3) is 0 Å². The molecule has 0 bridgehead atoms. The maximum Gasteiger partial charge on any atom is 0.153 e. The van der Waals surface area contributed by atoms with Gasteiger partial charge in [0, 0.05) is 19.6 Å². The largest absolute Gasteiger partial charge is 0.329 e. The summed E-state index contributed by atoms with van der Waals surface area (Å²) in [6.07, 6.45) is 0. The highest BCUT2D eigenvalue weighted by Crippen LogP contribution is 2.01. The summed E-state index contributed by atoms with van der Waals surface area (Å²) in [6, 6.07) is 0. The summed E-state index contributed by atoms with van der Waals surface area (Å²) in [5, 5.41) is -0.279. The van der Waals surface area contributed by atoms with Crippen molar-refractivity contribution >= 4 is 9.84 Å². The molecule has 0 amide bonds. The van der Waals surface area contributed by atoms with Crippen LogP contribution in [0.15, 0.2) is 0 Å². The molecule has 0 fully saturated rings. The molecular weight excluding hydrogens is 200 g/mol. The van der Waals surface area contributed by atoms with Crippen LogP contribution in [0.3, 0.4) is 0 Å². The molecule has 86 valence electrons. The Morgan fingerprint density at radius 2 is 1.86 bits per heavy atom. The van der Waals surface area contributed by atoms with Crippen molar-refractivity contribution in [2.45, 2.75) is 26.0 Å². The fourth-order valence-electron chi connectivity index (χ4n) is 1.10. The molecule has 2 N–H and O–H groups in total. The van der Waals surface area contributed by atoms with Gasteiger partial charge in [-0.25, -0.2) is 8.42 Å². The van der Waals surface area contributed by atoms with Crippen molar-refractivity contribution in [2.24, 2.45) is 5.73 Å². The van der Waals surface area contributed by atoms with E-state index in [9.17, 15) is 8.42 Å². The first kappa shape index (κ1) is 13.9. The van der Waals surface area contributed by atoms with Crippen molar-refractivity contribution in [3.05, 3.63) is 0 Å². The summed E-state index contributed by atoms with van der Waals surface area (Å²) < 4.78 is 23.0. The molecule has 4 nitrogen and oxygen atoms in total. The molecule has 0 aliphatic carbocycles. The molecule has 0 aromatic heterocycles. The monoisotopic (exact) mass is 222 g/mol. The van der Waals surface area contributed by atoms with Gasteiger partial charge in [-0.1, -0.05) is 6.92 Å². The van der Waals surface area contributed by atoms with E-state index >= 15 is 0 Å². The molecule has 0 aromatic carbocycles. The summed E-state index contributed by atoms with van der Waals surface area (Å²) in [6.45, 7) is 8.24. The van der Waals surface area contributed by atoms with Gasteiger partial charge < -0.3 is 10.6 Å². The smallest absolute Gasteiger partial charge is 0.153 e. The molecule has 0 atom stereocenters. The van der Waals surface area contributed by atoms with Gasteiger partial charge in [-0.3, -0.25) is 0 Å². The van der Waals surface area contributed by atoms with Crippen LogP contribution in [-0.4, -0.2) is 50.5 Å². The Kier molecular flexibility index (Phi) is 6.31. The van der Waals surface area contributed by atoms with Crippen LogP contribution in [0.5, 0.6) is 0 Å². The molecule has 0 unspecified atom stereocenters. The fraction of sp³-hybridized carbons (Fsp3) is 1.00. The molecule has 0 radical (unpaired) electrons. The average molecular weight is 222 g/mol. The second kappa shape index (κ2) is 6.37. The SMILES string of the molecule is CCN(CCN)CCS(=O)(=O)C(C)C. The quantitative estimate of drug-likeness (QED) is 0.663. The number of nitrogens with two attached hydrogens (primary N) is 1. The van der Waals surface area contributed by atoms with E-state index in [0.717, 1.165) is 13.1 Å². The Hall–Kier alpha value is -0.130. The van der Waals surface area contributed by atoms with Crippen molar-refractivity contribution in [1.29, 1.82) is 0 Å². The first-order chi connectivity index (χ1) is 6.44. The van der Waals surface area contributed by atoms with Gasteiger partial charge in [0.05, 0.1) is 11.0 Å². The first-order valence-corrected chi connectivity index (χ1v) is 6.79. The van der Waals surface area contributed by atoms with Gasteiger partial charge >= 0.3 is 0 Å². The van der Waals surface area contributed by atoms with Crippen molar-refractivity contribution in [3.8, 4) is 0 Å². The van der Waals surface area contributed by atoms with Gasteiger partial charge in [0.15, 0.2) is 9.84 Å². The van der Waals surface area contributed by atoms with Crippen LogP contribution in [0.4, 0.5) is 0 Å². The molecule has 5 heteroatoms. The number of sulfone groups is 1. The molecule has 0 heterocycles. The van der Waals surface area contributed by atoms with Crippen molar-refractivity contribution in [1.82, 2.24) is 4.90 Å². The third kappa shape index (κ3) is 4.93. The number of nitrogens with zero attached hydrogens (tertiary/aromatic N) is 1. The van der Waals surface area contributed by atoms with Crippen molar-refractivity contribution in [2.75, 3.05) is 31.9 Å². The second-order valence-electron chi connectivity index (χ2n) is 3.64. The van der Waals surface area contributed by atoms with Crippen molar-refractivity contribution in [3.63, 3.8) is 0 Å². The van der Waals surface area contributed by atoms with Crippen molar-refractivity contribution < 1.29 is 8.42 Å². The number of hydrogen-bond acceptors (Lipinski definition) is 4. The molecule has 0 aromatic rings. The normalized spacial score (nSPS) is 12.7. The number of hydrogen-bond donors (Lipinski definition) is 1. The van der Waals surface area contributed by atoms with Crippen LogP contribution in [0.1, 0.15) is 20.8 Å². The molecule has 0 aliphatic heterocycles.